The zero-order valence-corrected chi connectivity index (χ0v) is 17.0. The lowest BCUT2D eigenvalue weighted by atomic mass is 10.1. The van der Waals surface area contributed by atoms with Crippen molar-refractivity contribution in [1.29, 1.82) is 0 Å². The fourth-order valence-corrected chi connectivity index (χ4v) is 2.98. The van der Waals surface area contributed by atoms with E-state index in [4.69, 9.17) is 4.74 Å². The molecule has 6 nitrogen and oxygen atoms in total. The van der Waals surface area contributed by atoms with Crippen LogP contribution in [-0.2, 0) is 6.54 Å². The van der Waals surface area contributed by atoms with Gasteiger partial charge < -0.3 is 10.1 Å². The Morgan fingerprint density at radius 1 is 0.871 bits per heavy atom. The first-order chi connectivity index (χ1) is 15.1. The van der Waals surface area contributed by atoms with Gasteiger partial charge in [0.1, 0.15) is 17.2 Å². The molecule has 0 aliphatic carbocycles. The van der Waals surface area contributed by atoms with Gasteiger partial charge in [-0.3, -0.25) is 9.59 Å². The van der Waals surface area contributed by atoms with Gasteiger partial charge in [-0.1, -0.05) is 48.0 Å². The van der Waals surface area contributed by atoms with Gasteiger partial charge in [0.05, 0.1) is 6.54 Å². The van der Waals surface area contributed by atoms with Crippen LogP contribution >= 0.6 is 0 Å². The summed E-state index contributed by atoms with van der Waals surface area (Å²) in [6.45, 7) is 2.30. The summed E-state index contributed by atoms with van der Waals surface area (Å²) in [5.74, 6) is 1.00. The standard InChI is InChI=1S/C25H21N3O3/c1-18-7-9-19(10-8-18)17-28-24(29)16-15-23(27-28)25(30)26-20-11-13-22(14-12-20)31-21-5-3-2-4-6-21/h2-16H,17H2,1H3,(H,26,30). The number of benzene rings is 3. The molecule has 31 heavy (non-hydrogen) atoms. The second-order valence-electron chi connectivity index (χ2n) is 7.09. The second-order valence-corrected chi connectivity index (χ2v) is 7.09. The van der Waals surface area contributed by atoms with Crippen LogP contribution in [0.1, 0.15) is 21.6 Å². The zero-order chi connectivity index (χ0) is 21.6. The van der Waals surface area contributed by atoms with Gasteiger partial charge in [-0.15, -0.1) is 0 Å². The van der Waals surface area contributed by atoms with Crippen molar-refractivity contribution in [2.24, 2.45) is 0 Å². The molecule has 1 aromatic heterocycles. The number of aromatic nitrogens is 2. The van der Waals surface area contributed by atoms with Gasteiger partial charge in [-0.2, -0.15) is 5.10 Å². The van der Waals surface area contributed by atoms with Gasteiger partial charge in [0.2, 0.25) is 0 Å². The van der Waals surface area contributed by atoms with Crippen LogP contribution < -0.4 is 15.6 Å². The highest BCUT2D eigenvalue weighted by Gasteiger charge is 2.11. The van der Waals surface area contributed by atoms with E-state index in [0.717, 1.165) is 16.9 Å². The molecule has 4 aromatic rings. The molecule has 0 fully saturated rings. The highest BCUT2D eigenvalue weighted by Crippen LogP contribution is 2.22. The number of rotatable bonds is 6. The number of nitrogens with one attached hydrogen (secondary N) is 1. The summed E-state index contributed by atoms with van der Waals surface area (Å²) in [7, 11) is 0. The van der Waals surface area contributed by atoms with Gasteiger partial charge in [-0.25, -0.2) is 4.68 Å². The van der Waals surface area contributed by atoms with Crippen LogP contribution in [0, 0.1) is 6.92 Å². The lowest BCUT2D eigenvalue weighted by molar-refractivity contribution is 0.102. The van der Waals surface area contributed by atoms with E-state index in [0.29, 0.717) is 18.0 Å². The molecule has 0 radical (unpaired) electrons. The minimum absolute atomic E-state index is 0.163. The number of carbonyl (C=O) groups is 1. The highest BCUT2D eigenvalue weighted by atomic mass is 16.5. The number of amides is 1. The van der Waals surface area contributed by atoms with E-state index in [9.17, 15) is 9.59 Å². The molecule has 0 saturated carbocycles. The topological polar surface area (TPSA) is 73.2 Å². The molecule has 0 unspecified atom stereocenters. The molecule has 0 atom stereocenters. The number of nitrogens with zero attached hydrogens (tertiary/aromatic N) is 2. The Hall–Kier alpha value is -4.19. The summed E-state index contributed by atoms with van der Waals surface area (Å²) < 4.78 is 7.04. The molecule has 6 heteroatoms. The van der Waals surface area contributed by atoms with E-state index < -0.39 is 5.91 Å². The number of para-hydroxylation sites is 1. The highest BCUT2D eigenvalue weighted by molar-refractivity contribution is 6.02. The molecule has 0 aliphatic rings. The van der Waals surface area contributed by atoms with Gasteiger partial charge in [0, 0.05) is 11.8 Å². The molecule has 0 aliphatic heterocycles. The van der Waals surface area contributed by atoms with Gasteiger partial charge in [-0.05, 0) is 55.0 Å². The maximum Gasteiger partial charge on any atom is 0.276 e. The summed E-state index contributed by atoms with van der Waals surface area (Å²) in [5.41, 5.74) is 2.57. The van der Waals surface area contributed by atoms with Crippen molar-refractivity contribution in [1.82, 2.24) is 9.78 Å². The maximum absolute atomic E-state index is 12.6. The van der Waals surface area contributed by atoms with Crippen LogP contribution in [0.25, 0.3) is 0 Å². The largest absolute Gasteiger partial charge is 0.457 e. The summed E-state index contributed by atoms with van der Waals surface area (Å²) >= 11 is 0. The Labute approximate surface area is 179 Å². The molecule has 1 N–H and O–H groups in total. The van der Waals surface area contributed by atoms with Gasteiger partial charge in [0.15, 0.2) is 0 Å². The molecule has 0 bridgehead atoms. The normalized spacial score (nSPS) is 10.5. The Kier molecular flexibility index (Phi) is 5.89. The molecule has 4 rings (SSSR count). The molecule has 154 valence electrons. The molecule has 3 aromatic carbocycles. The average Bonchev–Trinajstić information content (AvgIpc) is 2.79. The third-order valence-electron chi connectivity index (χ3n) is 4.64. The molecule has 0 spiro atoms. The molecule has 1 heterocycles. The smallest absolute Gasteiger partial charge is 0.276 e. The molecular formula is C25H21N3O3. The number of aryl methyl sites for hydroxylation is 1. The van der Waals surface area contributed by atoms with Crippen molar-refractivity contribution in [3.63, 3.8) is 0 Å². The third-order valence-corrected chi connectivity index (χ3v) is 4.64. The van der Waals surface area contributed by atoms with E-state index in [2.05, 4.69) is 10.4 Å². The first kappa shape index (κ1) is 20.1. The molecule has 0 saturated heterocycles. The number of ether oxygens (including phenoxy) is 1. The summed E-state index contributed by atoms with van der Waals surface area (Å²) in [6.07, 6.45) is 0. The first-order valence-corrected chi connectivity index (χ1v) is 9.85. The SMILES string of the molecule is Cc1ccc(Cn2nc(C(=O)Nc3ccc(Oc4ccccc4)cc3)ccc2=O)cc1. The van der Waals surface area contributed by atoms with Crippen LogP contribution in [0.4, 0.5) is 5.69 Å². The van der Waals surface area contributed by atoms with E-state index >= 15 is 0 Å². The maximum atomic E-state index is 12.6. The lowest BCUT2D eigenvalue weighted by Crippen LogP contribution is -2.26. The van der Waals surface area contributed by atoms with E-state index in [1.54, 1.807) is 24.3 Å². The van der Waals surface area contributed by atoms with Crippen molar-refractivity contribution in [2.45, 2.75) is 13.5 Å². The van der Waals surface area contributed by atoms with Crippen LogP contribution in [0.5, 0.6) is 11.5 Å². The van der Waals surface area contributed by atoms with Crippen LogP contribution in [0.2, 0.25) is 0 Å². The van der Waals surface area contributed by atoms with E-state index in [1.807, 2.05) is 61.5 Å². The zero-order valence-electron chi connectivity index (χ0n) is 17.0. The number of anilines is 1. The number of carbonyl (C=O) groups excluding carboxylic acids is 1. The molecular weight excluding hydrogens is 390 g/mol. The van der Waals surface area contributed by atoms with Gasteiger partial charge in [0.25, 0.3) is 11.5 Å². The Morgan fingerprint density at radius 3 is 2.26 bits per heavy atom. The van der Waals surface area contributed by atoms with E-state index in [-0.39, 0.29) is 11.3 Å². The van der Waals surface area contributed by atoms with Crippen LogP contribution in [-0.4, -0.2) is 15.7 Å². The predicted molar refractivity (Wildman–Crippen MR) is 120 cm³/mol. The number of hydrogen-bond acceptors (Lipinski definition) is 4. The Bertz CT molecular complexity index is 1230. The minimum Gasteiger partial charge on any atom is -0.457 e. The quantitative estimate of drug-likeness (QED) is 0.501. The third kappa shape index (κ3) is 5.25. The predicted octanol–water partition coefficient (Wildman–Crippen LogP) is 4.64. The van der Waals surface area contributed by atoms with Crippen LogP contribution in [0.15, 0.2) is 95.8 Å². The Morgan fingerprint density at radius 2 is 1.55 bits per heavy atom. The monoisotopic (exact) mass is 411 g/mol. The minimum atomic E-state index is -0.394. The molecule has 1 amide bonds. The van der Waals surface area contributed by atoms with Crippen molar-refractivity contribution in [3.8, 4) is 11.5 Å². The van der Waals surface area contributed by atoms with Crippen molar-refractivity contribution < 1.29 is 9.53 Å². The Balaban J connectivity index is 1.44. The summed E-state index contributed by atoms with van der Waals surface area (Å²) in [6, 6.07) is 27.1. The van der Waals surface area contributed by atoms with Crippen molar-refractivity contribution >= 4 is 11.6 Å². The number of hydrogen-bond donors (Lipinski definition) is 1. The lowest BCUT2D eigenvalue weighted by Gasteiger charge is -2.09. The van der Waals surface area contributed by atoms with Gasteiger partial charge >= 0.3 is 0 Å². The fraction of sp³-hybridized carbons (Fsp3) is 0.0800. The van der Waals surface area contributed by atoms with E-state index in [1.165, 1.54) is 16.8 Å². The first-order valence-electron chi connectivity index (χ1n) is 9.85. The van der Waals surface area contributed by atoms with Crippen molar-refractivity contribution in [2.75, 3.05) is 5.32 Å². The average molecular weight is 411 g/mol. The van der Waals surface area contributed by atoms with Crippen LogP contribution in [0.3, 0.4) is 0 Å². The summed E-state index contributed by atoms with van der Waals surface area (Å²) in [5, 5.41) is 7.02. The second kappa shape index (κ2) is 9.09. The fourth-order valence-electron chi connectivity index (χ4n) is 2.98. The van der Waals surface area contributed by atoms with Crippen molar-refractivity contribution in [3.05, 3.63) is 118 Å². The summed E-state index contributed by atoms with van der Waals surface area (Å²) in [4.78, 5) is 24.8.